The Labute approximate surface area is 151 Å². The van der Waals surface area contributed by atoms with Gasteiger partial charge in [0.1, 0.15) is 5.60 Å². The molecule has 0 radical (unpaired) electrons. The number of hydrogen-bond donors (Lipinski definition) is 2. The maximum atomic E-state index is 14.6. The summed E-state index contributed by atoms with van der Waals surface area (Å²) in [5.41, 5.74) is -3.49. The van der Waals surface area contributed by atoms with Crippen molar-refractivity contribution in [3.8, 4) is 0 Å². The largest absolute Gasteiger partial charge is 0.461 e. The predicted molar refractivity (Wildman–Crippen MR) is 90.7 cm³/mol. The zero-order valence-electron chi connectivity index (χ0n) is 15.3. The summed E-state index contributed by atoms with van der Waals surface area (Å²) in [5.74, 6) is -6.29. The Balaban J connectivity index is 3.06. The first-order valence-electron chi connectivity index (χ1n) is 8.24. The quantitative estimate of drug-likeness (QED) is 0.567. The molecule has 1 rings (SSSR count). The van der Waals surface area contributed by atoms with E-state index in [0.29, 0.717) is 5.56 Å². The molecule has 0 aliphatic heterocycles. The standard InChI is InChI=1S/C18H25F2NO5/c1-5-25-14(22)18(19,20)17(24,21-15(23)26-16(2,3)4)12-11-13-9-7-6-8-10-13/h6-10,24H,5,11-12H2,1-4H3,(H,21,23)/t17-/m1/s1. The minimum Gasteiger partial charge on any atom is -0.461 e. The molecule has 26 heavy (non-hydrogen) atoms. The molecule has 0 spiro atoms. The molecule has 1 amide bonds. The Morgan fingerprint density at radius 1 is 1.15 bits per heavy atom. The molecule has 2 N–H and O–H groups in total. The van der Waals surface area contributed by atoms with Gasteiger partial charge in [-0.2, -0.15) is 8.78 Å². The summed E-state index contributed by atoms with van der Waals surface area (Å²) >= 11 is 0. The van der Waals surface area contributed by atoms with Crippen LogP contribution >= 0.6 is 0 Å². The first-order valence-corrected chi connectivity index (χ1v) is 8.24. The van der Waals surface area contributed by atoms with Gasteiger partial charge in [0.15, 0.2) is 0 Å². The number of alkyl halides is 2. The third-order valence-corrected chi connectivity index (χ3v) is 3.38. The normalized spacial score (nSPS) is 14.3. The van der Waals surface area contributed by atoms with Crippen molar-refractivity contribution in [2.45, 2.75) is 57.8 Å². The van der Waals surface area contributed by atoms with Crippen molar-refractivity contribution in [2.24, 2.45) is 0 Å². The fourth-order valence-electron chi connectivity index (χ4n) is 2.13. The number of benzene rings is 1. The summed E-state index contributed by atoms with van der Waals surface area (Å²) < 4.78 is 38.4. The van der Waals surface area contributed by atoms with Crippen molar-refractivity contribution in [2.75, 3.05) is 6.61 Å². The molecule has 8 heteroatoms. The highest BCUT2D eigenvalue weighted by atomic mass is 19.3. The van der Waals surface area contributed by atoms with Crippen LogP contribution in [0.4, 0.5) is 13.6 Å². The summed E-state index contributed by atoms with van der Waals surface area (Å²) in [7, 11) is 0. The lowest BCUT2D eigenvalue weighted by molar-refractivity contribution is -0.221. The molecule has 0 bridgehead atoms. The van der Waals surface area contributed by atoms with Crippen LogP contribution in [0.1, 0.15) is 39.7 Å². The highest BCUT2D eigenvalue weighted by molar-refractivity contribution is 5.80. The van der Waals surface area contributed by atoms with Crippen molar-refractivity contribution in [3.05, 3.63) is 35.9 Å². The summed E-state index contributed by atoms with van der Waals surface area (Å²) in [5, 5.41) is 12.2. The zero-order chi connectivity index (χ0) is 20.0. The van der Waals surface area contributed by atoms with E-state index in [1.165, 1.54) is 6.92 Å². The van der Waals surface area contributed by atoms with Gasteiger partial charge in [0.2, 0.25) is 5.72 Å². The van der Waals surface area contributed by atoms with Gasteiger partial charge in [-0.1, -0.05) is 30.3 Å². The highest BCUT2D eigenvalue weighted by Crippen LogP contribution is 2.32. The molecule has 0 aliphatic carbocycles. The van der Waals surface area contributed by atoms with Crippen LogP contribution in [0.25, 0.3) is 0 Å². The van der Waals surface area contributed by atoms with Crippen molar-refractivity contribution in [1.29, 1.82) is 0 Å². The smallest absolute Gasteiger partial charge is 0.410 e. The molecule has 0 aliphatic rings. The number of rotatable bonds is 7. The molecule has 0 saturated heterocycles. The predicted octanol–water partition coefficient (Wildman–Crippen LogP) is 3.03. The monoisotopic (exact) mass is 373 g/mol. The molecule has 0 saturated carbocycles. The Morgan fingerprint density at radius 2 is 1.73 bits per heavy atom. The molecular formula is C18H25F2NO5. The number of nitrogens with one attached hydrogen (secondary N) is 1. The van der Waals surface area contributed by atoms with E-state index in [9.17, 15) is 23.5 Å². The van der Waals surface area contributed by atoms with Crippen molar-refractivity contribution < 1.29 is 33.0 Å². The molecule has 146 valence electrons. The minimum atomic E-state index is -4.37. The second kappa shape index (κ2) is 8.44. The molecule has 6 nitrogen and oxygen atoms in total. The summed E-state index contributed by atoms with van der Waals surface area (Å²) in [4.78, 5) is 23.6. The number of ether oxygens (including phenoxy) is 2. The van der Waals surface area contributed by atoms with Gasteiger partial charge in [-0.3, -0.25) is 5.32 Å². The number of carbonyl (C=O) groups is 2. The van der Waals surface area contributed by atoms with Crippen molar-refractivity contribution in [1.82, 2.24) is 5.32 Å². The van der Waals surface area contributed by atoms with E-state index in [2.05, 4.69) is 4.74 Å². The molecule has 0 heterocycles. The lowest BCUT2D eigenvalue weighted by atomic mass is 9.96. The number of aryl methyl sites for hydroxylation is 1. The lowest BCUT2D eigenvalue weighted by Crippen LogP contribution is -2.64. The average Bonchev–Trinajstić information content (AvgIpc) is 2.52. The van der Waals surface area contributed by atoms with Crippen LogP contribution in [0.5, 0.6) is 0 Å². The van der Waals surface area contributed by atoms with Crippen LogP contribution in [0.3, 0.4) is 0 Å². The number of carbonyl (C=O) groups excluding carboxylic acids is 2. The summed E-state index contributed by atoms with van der Waals surface area (Å²) in [6.45, 7) is 5.69. The van der Waals surface area contributed by atoms with Gasteiger partial charge in [-0.15, -0.1) is 0 Å². The van der Waals surface area contributed by atoms with Crippen LogP contribution in [-0.2, 0) is 20.7 Å². The summed E-state index contributed by atoms with van der Waals surface area (Å²) in [6, 6.07) is 8.52. The van der Waals surface area contributed by atoms with Gasteiger partial charge in [-0.05, 0) is 39.7 Å². The second-order valence-electron chi connectivity index (χ2n) is 6.77. The molecule has 1 aromatic carbocycles. The van der Waals surface area contributed by atoms with E-state index in [1.807, 2.05) is 0 Å². The van der Waals surface area contributed by atoms with Gasteiger partial charge in [-0.25, -0.2) is 9.59 Å². The molecule has 1 aromatic rings. The van der Waals surface area contributed by atoms with E-state index in [4.69, 9.17) is 4.74 Å². The highest BCUT2D eigenvalue weighted by Gasteiger charge is 2.61. The minimum absolute atomic E-state index is 0.0118. The first-order chi connectivity index (χ1) is 11.9. The second-order valence-corrected chi connectivity index (χ2v) is 6.77. The van der Waals surface area contributed by atoms with E-state index in [-0.39, 0.29) is 13.0 Å². The van der Waals surface area contributed by atoms with E-state index >= 15 is 0 Å². The van der Waals surface area contributed by atoms with E-state index in [0.717, 1.165) is 0 Å². The van der Waals surface area contributed by atoms with Crippen molar-refractivity contribution in [3.63, 3.8) is 0 Å². The fourth-order valence-corrected chi connectivity index (χ4v) is 2.13. The van der Waals surface area contributed by atoms with Crippen LogP contribution in [0.2, 0.25) is 0 Å². The molecule has 0 aromatic heterocycles. The zero-order valence-corrected chi connectivity index (χ0v) is 15.3. The molecule has 0 unspecified atom stereocenters. The topological polar surface area (TPSA) is 84.9 Å². The van der Waals surface area contributed by atoms with Crippen LogP contribution < -0.4 is 5.32 Å². The number of alkyl carbamates (subject to hydrolysis) is 1. The van der Waals surface area contributed by atoms with E-state index in [1.54, 1.807) is 56.4 Å². The molecule has 0 fully saturated rings. The number of amides is 1. The van der Waals surface area contributed by atoms with Crippen LogP contribution in [0.15, 0.2) is 30.3 Å². The third-order valence-electron chi connectivity index (χ3n) is 3.38. The Kier molecular flexibility index (Phi) is 7.08. The van der Waals surface area contributed by atoms with Gasteiger partial charge in [0.05, 0.1) is 6.61 Å². The van der Waals surface area contributed by atoms with Crippen molar-refractivity contribution >= 4 is 12.1 Å². The van der Waals surface area contributed by atoms with E-state index < -0.39 is 35.7 Å². The van der Waals surface area contributed by atoms with Crippen LogP contribution in [0, 0.1) is 0 Å². The summed E-state index contributed by atoms with van der Waals surface area (Å²) in [6.07, 6.45) is -1.90. The van der Waals surface area contributed by atoms with Crippen LogP contribution in [-0.4, -0.2) is 41.0 Å². The Morgan fingerprint density at radius 3 is 2.23 bits per heavy atom. The number of hydrogen-bond acceptors (Lipinski definition) is 5. The average molecular weight is 373 g/mol. The maximum absolute atomic E-state index is 14.6. The van der Waals surface area contributed by atoms with Gasteiger partial charge >= 0.3 is 18.0 Å². The third kappa shape index (κ3) is 5.94. The number of esters is 1. The molecule has 1 atom stereocenters. The van der Waals surface area contributed by atoms with Gasteiger partial charge in [0.25, 0.3) is 0 Å². The SMILES string of the molecule is CCOC(=O)C(F)(F)[C@](O)(CCc1ccccc1)NC(=O)OC(C)(C)C. The Bertz CT molecular complexity index is 616. The number of aliphatic hydroxyl groups is 1. The van der Waals surface area contributed by atoms with Gasteiger partial charge in [0, 0.05) is 6.42 Å². The Hall–Kier alpha value is -2.22. The number of halogens is 2. The fraction of sp³-hybridized carbons (Fsp3) is 0.556. The maximum Gasteiger partial charge on any atom is 0.410 e. The van der Waals surface area contributed by atoms with Gasteiger partial charge < -0.3 is 14.6 Å². The molecular weight excluding hydrogens is 348 g/mol. The first kappa shape index (κ1) is 21.8. The lowest BCUT2D eigenvalue weighted by Gasteiger charge is -2.35.